The summed E-state index contributed by atoms with van der Waals surface area (Å²) in [5.74, 6) is 0.843. The molecule has 1 aromatic carbocycles. The van der Waals surface area contributed by atoms with Crippen LogP contribution in [-0.4, -0.2) is 30.6 Å². The van der Waals surface area contributed by atoms with Gasteiger partial charge < -0.3 is 10.2 Å². The number of fused-ring (bicyclic) bond motifs is 3. The Morgan fingerprint density at radius 1 is 1.19 bits per heavy atom. The molecule has 1 N–H and O–H groups in total. The van der Waals surface area contributed by atoms with Crippen molar-refractivity contribution in [1.29, 1.82) is 0 Å². The average Bonchev–Trinajstić information content (AvgIpc) is 2.32. The largest absolute Gasteiger partial charge is 0.382 e. The first kappa shape index (κ1) is 10.2. The van der Waals surface area contributed by atoms with Crippen molar-refractivity contribution < 1.29 is 0 Å². The molecule has 16 heavy (non-hydrogen) atoms. The van der Waals surface area contributed by atoms with Gasteiger partial charge in [-0.05, 0) is 44.4 Å². The Hall–Kier alpha value is -1.02. The highest BCUT2D eigenvalue weighted by Crippen LogP contribution is 2.35. The number of anilines is 1. The van der Waals surface area contributed by atoms with Crippen molar-refractivity contribution in [3.05, 3.63) is 30.3 Å². The predicted molar refractivity (Wildman–Crippen MR) is 67.6 cm³/mol. The average molecular weight is 216 g/mol. The number of nitrogens with one attached hydrogen (secondary N) is 1. The maximum atomic E-state index is 3.71. The number of para-hydroxylation sites is 1. The standard InChI is InChI=1S/C14H20N2/c1-16-10-11-7-8-13(16)9-14(11)15-12-5-3-2-4-6-12/h2-6,11,13-15H,7-10H2,1H3. The normalized spacial score (nSPS) is 33.9. The molecule has 0 amide bonds. The van der Waals surface area contributed by atoms with Gasteiger partial charge in [0.05, 0.1) is 0 Å². The quantitative estimate of drug-likeness (QED) is 0.817. The third-order valence-corrected chi connectivity index (χ3v) is 4.24. The van der Waals surface area contributed by atoms with Gasteiger partial charge >= 0.3 is 0 Å². The minimum Gasteiger partial charge on any atom is -0.382 e. The molecule has 0 aromatic heterocycles. The Morgan fingerprint density at radius 3 is 2.62 bits per heavy atom. The molecule has 2 heterocycles. The van der Waals surface area contributed by atoms with E-state index in [4.69, 9.17) is 0 Å². The molecule has 0 spiro atoms. The molecule has 3 aliphatic rings. The monoisotopic (exact) mass is 216 g/mol. The van der Waals surface area contributed by atoms with Crippen molar-refractivity contribution in [2.24, 2.45) is 5.92 Å². The first-order chi connectivity index (χ1) is 7.83. The first-order valence-electron chi connectivity index (χ1n) is 6.35. The van der Waals surface area contributed by atoms with E-state index >= 15 is 0 Å². The zero-order valence-electron chi connectivity index (χ0n) is 9.89. The zero-order chi connectivity index (χ0) is 11.0. The van der Waals surface area contributed by atoms with Gasteiger partial charge in [-0.25, -0.2) is 0 Å². The van der Waals surface area contributed by atoms with E-state index in [2.05, 4.69) is 47.6 Å². The van der Waals surface area contributed by atoms with Crippen LogP contribution in [0.4, 0.5) is 5.69 Å². The Morgan fingerprint density at radius 2 is 2.00 bits per heavy atom. The lowest BCUT2D eigenvalue weighted by Crippen LogP contribution is -2.54. The summed E-state index contributed by atoms with van der Waals surface area (Å²) in [7, 11) is 2.27. The van der Waals surface area contributed by atoms with Gasteiger partial charge in [0.1, 0.15) is 0 Å². The minimum atomic E-state index is 0.692. The molecular formula is C14H20N2. The smallest absolute Gasteiger partial charge is 0.0342 e. The predicted octanol–water partition coefficient (Wildman–Crippen LogP) is 2.58. The summed E-state index contributed by atoms with van der Waals surface area (Å²) in [6, 6.07) is 12.1. The molecule has 1 aliphatic carbocycles. The van der Waals surface area contributed by atoms with Crippen LogP contribution < -0.4 is 5.32 Å². The Balaban J connectivity index is 1.69. The molecular weight excluding hydrogens is 196 g/mol. The van der Waals surface area contributed by atoms with E-state index in [1.54, 1.807) is 0 Å². The molecule has 2 saturated heterocycles. The molecule has 2 bridgehead atoms. The summed E-state index contributed by atoms with van der Waals surface area (Å²) in [4.78, 5) is 2.54. The Kier molecular flexibility index (Phi) is 2.60. The minimum absolute atomic E-state index is 0.692. The van der Waals surface area contributed by atoms with Crippen molar-refractivity contribution in [2.75, 3.05) is 18.9 Å². The number of piperidine rings is 2. The molecule has 0 radical (unpaired) electrons. The van der Waals surface area contributed by atoms with Crippen molar-refractivity contribution >= 4 is 5.69 Å². The molecule has 86 valence electrons. The lowest BCUT2D eigenvalue weighted by molar-refractivity contribution is 0.0619. The van der Waals surface area contributed by atoms with E-state index in [-0.39, 0.29) is 0 Å². The molecule has 3 fully saturated rings. The van der Waals surface area contributed by atoms with Crippen LogP contribution in [0.25, 0.3) is 0 Å². The second-order valence-electron chi connectivity index (χ2n) is 5.28. The fourth-order valence-electron chi connectivity index (χ4n) is 3.27. The fourth-order valence-corrected chi connectivity index (χ4v) is 3.27. The molecule has 4 rings (SSSR count). The van der Waals surface area contributed by atoms with Gasteiger partial charge in [0.25, 0.3) is 0 Å². The number of rotatable bonds is 2. The van der Waals surface area contributed by atoms with Crippen LogP contribution >= 0.6 is 0 Å². The summed E-state index contributed by atoms with van der Waals surface area (Å²) >= 11 is 0. The summed E-state index contributed by atoms with van der Waals surface area (Å²) < 4.78 is 0. The van der Waals surface area contributed by atoms with Crippen molar-refractivity contribution in [2.45, 2.75) is 31.3 Å². The van der Waals surface area contributed by atoms with Crippen LogP contribution in [0.2, 0.25) is 0 Å². The molecule has 3 unspecified atom stereocenters. The van der Waals surface area contributed by atoms with Gasteiger partial charge in [0.15, 0.2) is 0 Å². The van der Waals surface area contributed by atoms with Gasteiger partial charge in [-0.3, -0.25) is 0 Å². The lowest BCUT2D eigenvalue weighted by Gasteiger charge is -2.48. The molecule has 3 atom stereocenters. The van der Waals surface area contributed by atoms with Crippen LogP contribution in [-0.2, 0) is 0 Å². The van der Waals surface area contributed by atoms with Gasteiger partial charge in [0.2, 0.25) is 0 Å². The highest BCUT2D eigenvalue weighted by molar-refractivity contribution is 5.43. The first-order valence-corrected chi connectivity index (χ1v) is 6.35. The molecule has 1 saturated carbocycles. The van der Waals surface area contributed by atoms with Crippen LogP contribution in [0.3, 0.4) is 0 Å². The van der Waals surface area contributed by atoms with Gasteiger partial charge in [-0.15, -0.1) is 0 Å². The topological polar surface area (TPSA) is 15.3 Å². The lowest BCUT2D eigenvalue weighted by atomic mass is 9.76. The maximum absolute atomic E-state index is 3.71. The van der Waals surface area contributed by atoms with E-state index in [1.165, 1.54) is 31.5 Å². The number of benzene rings is 1. The summed E-state index contributed by atoms with van der Waals surface area (Å²) in [6.07, 6.45) is 4.11. The summed E-state index contributed by atoms with van der Waals surface area (Å²) in [5.41, 5.74) is 1.28. The number of hydrogen-bond acceptors (Lipinski definition) is 2. The van der Waals surface area contributed by atoms with E-state index < -0.39 is 0 Å². The SMILES string of the molecule is CN1CC2CCC1CC2Nc1ccccc1. The Bertz CT molecular complexity index is 349. The molecule has 2 nitrogen and oxygen atoms in total. The maximum Gasteiger partial charge on any atom is 0.0342 e. The van der Waals surface area contributed by atoms with Crippen LogP contribution in [0.1, 0.15) is 19.3 Å². The zero-order valence-corrected chi connectivity index (χ0v) is 9.89. The van der Waals surface area contributed by atoms with Crippen LogP contribution in [0, 0.1) is 5.92 Å². The van der Waals surface area contributed by atoms with E-state index in [0.29, 0.717) is 6.04 Å². The van der Waals surface area contributed by atoms with E-state index in [1.807, 2.05) is 0 Å². The number of hydrogen-bond donors (Lipinski definition) is 1. The van der Waals surface area contributed by atoms with E-state index in [0.717, 1.165) is 12.0 Å². The van der Waals surface area contributed by atoms with Crippen molar-refractivity contribution in [3.63, 3.8) is 0 Å². The summed E-state index contributed by atoms with van der Waals surface area (Å²) in [6.45, 7) is 1.27. The van der Waals surface area contributed by atoms with Crippen LogP contribution in [0.15, 0.2) is 30.3 Å². The molecule has 2 aliphatic heterocycles. The second kappa shape index (κ2) is 4.10. The highest BCUT2D eigenvalue weighted by atomic mass is 15.2. The third-order valence-electron chi connectivity index (χ3n) is 4.24. The van der Waals surface area contributed by atoms with Crippen LogP contribution in [0.5, 0.6) is 0 Å². The number of nitrogens with zero attached hydrogens (tertiary/aromatic N) is 1. The summed E-state index contributed by atoms with van der Waals surface area (Å²) in [5, 5.41) is 3.71. The van der Waals surface area contributed by atoms with Crippen molar-refractivity contribution in [1.82, 2.24) is 4.90 Å². The Labute approximate surface area is 97.6 Å². The van der Waals surface area contributed by atoms with Gasteiger partial charge in [0, 0.05) is 24.3 Å². The van der Waals surface area contributed by atoms with Gasteiger partial charge in [-0.1, -0.05) is 18.2 Å². The molecule has 2 heteroatoms. The molecule has 1 aromatic rings. The second-order valence-corrected chi connectivity index (χ2v) is 5.28. The highest BCUT2D eigenvalue weighted by Gasteiger charge is 2.38. The third kappa shape index (κ3) is 1.82. The van der Waals surface area contributed by atoms with Crippen molar-refractivity contribution in [3.8, 4) is 0 Å². The van der Waals surface area contributed by atoms with E-state index in [9.17, 15) is 0 Å². The fraction of sp³-hybridized carbons (Fsp3) is 0.571. The van der Waals surface area contributed by atoms with Gasteiger partial charge in [-0.2, -0.15) is 0 Å².